The van der Waals surface area contributed by atoms with E-state index in [1.807, 2.05) is 0 Å². The van der Waals surface area contributed by atoms with Crippen molar-refractivity contribution in [1.29, 1.82) is 0 Å². The number of hydrogen-bond acceptors (Lipinski definition) is 0. The molecule has 0 unspecified atom stereocenters. The molecule has 0 saturated heterocycles. The van der Waals surface area contributed by atoms with Gasteiger partial charge in [-0.1, -0.05) is 91.0 Å². The lowest BCUT2D eigenvalue weighted by Gasteiger charge is -2.45. The molecular formula is C43H19BF16. The lowest BCUT2D eigenvalue weighted by Crippen LogP contribution is -2.81. The largest absolute Gasteiger partial charge is 1.00 e. The molecule has 0 radical (unpaired) electrons. The zero-order chi connectivity index (χ0) is 43.6. The van der Waals surface area contributed by atoms with Crippen LogP contribution in [0.5, 0.6) is 0 Å². The molecule has 17 heteroatoms. The maximum absolute atomic E-state index is 17.7. The second-order valence-corrected chi connectivity index (χ2v) is 13.4. The fraction of sp³-hybridized carbons (Fsp3) is 0.0233. The Morgan fingerprint density at radius 3 is 0.733 bits per heavy atom. The Hall–Kier alpha value is -6.52. The molecule has 7 aromatic carbocycles. The predicted octanol–water partition coefficient (Wildman–Crippen LogP) is 9.78. The fourth-order valence-corrected chi connectivity index (χ4v) is 8.14. The third kappa shape index (κ3) is 5.87. The van der Waals surface area contributed by atoms with Gasteiger partial charge >= 0.3 is 1.43 Å². The first-order valence-electron chi connectivity index (χ1n) is 17.1. The van der Waals surface area contributed by atoms with Gasteiger partial charge in [0, 0.05) is 23.8 Å². The Bertz CT molecular complexity index is 2480. The Morgan fingerprint density at radius 2 is 0.500 bits per heavy atom. The van der Waals surface area contributed by atoms with Crippen molar-refractivity contribution in [3.8, 4) is 0 Å². The van der Waals surface area contributed by atoms with Crippen LogP contribution in [0.2, 0.25) is 0 Å². The van der Waals surface area contributed by atoms with Gasteiger partial charge in [-0.3, -0.25) is 0 Å². The van der Waals surface area contributed by atoms with Crippen LogP contribution in [0.1, 0.15) is 23.7 Å². The Kier molecular flexibility index (Phi) is 10.6. The van der Waals surface area contributed by atoms with Crippen LogP contribution in [0.15, 0.2) is 109 Å². The SMILES string of the molecule is Fc1cc(F)c(F)c([B-](c2c(F)c(F)cc(F)c2F)(c2c(F)c(F)cc(F)c2F)c2c(F)c(F)c(C(c3ccccc3)(c3ccccc3)c3ccccc3)c(F)c2F)c1F.[H+]. The molecule has 0 amide bonds. The molecule has 0 spiro atoms. The van der Waals surface area contributed by atoms with Gasteiger partial charge in [-0.05, 0) is 16.7 Å². The standard InChI is InChI=1S/C43H18BF16/c45-22-16-23(46)34(52)29(33(22)51)44(30-35(53)24(47)17-25(48)36(30)54,31-37(55)26(49)18-27(50)38(31)56)32-41(59)39(57)28(40(58)42(32)60)43(19-10-4-1-5-11-19,20-12-6-2-7-13-20)21-14-8-3-9-15-21/h1-18H/q-1/p+1. The highest BCUT2D eigenvalue weighted by atomic mass is 19.2. The van der Waals surface area contributed by atoms with E-state index in [-0.39, 0.29) is 18.1 Å². The molecule has 0 aliphatic heterocycles. The zero-order valence-electron chi connectivity index (χ0n) is 30.5. The first-order chi connectivity index (χ1) is 28.4. The van der Waals surface area contributed by atoms with Crippen LogP contribution < -0.4 is 21.9 Å². The van der Waals surface area contributed by atoms with Crippen molar-refractivity contribution in [3.05, 3.63) is 225 Å². The van der Waals surface area contributed by atoms with E-state index in [9.17, 15) is 0 Å². The van der Waals surface area contributed by atoms with Gasteiger partial charge < -0.3 is 0 Å². The molecule has 0 heterocycles. The van der Waals surface area contributed by atoms with E-state index < -0.39 is 150 Å². The Balaban J connectivity index is 0.00000622. The average Bonchev–Trinajstić information content (AvgIpc) is 3.23. The molecule has 60 heavy (non-hydrogen) atoms. The summed E-state index contributed by atoms with van der Waals surface area (Å²) in [6.45, 7) is 0. The van der Waals surface area contributed by atoms with E-state index in [1.54, 1.807) is 0 Å². The van der Waals surface area contributed by atoms with Crippen LogP contribution in [-0.4, -0.2) is 6.15 Å². The van der Waals surface area contributed by atoms with Crippen molar-refractivity contribution in [1.82, 2.24) is 0 Å². The van der Waals surface area contributed by atoms with Crippen molar-refractivity contribution < 1.29 is 71.7 Å². The van der Waals surface area contributed by atoms with E-state index >= 15 is 70.2 Å². The molecule has 0 atom stereocenters. The predicted molar refractivity (Wildman–Crippen MR) is 189 cm³/mol. The van der Waals surface area contributed by atoms with Gasteiger partial charge in [0.1, 0.15) is 52.7 Å². The summed E-state index contributed by atoms with van der Waals surface area (Å²) in [5.41, 5.74) is -17.0. The molecule has 7 aromatic rings. The van der Waals surface area contributed by atoms with Gasteiger partial charge in [-0.2, -0.15) is 0 Å². The second-order valence-electron chi connectivity index (χ2n) is 13.4. The summed E-state index contributed by atoms with van der Waals surface area (Å²) >= 11 is 0. The van der Waals surface area contributed by atoms with E-state index in [4.69, 9.17) is 0 Å². The van der Waals surface area contributed by atoms with Crippen LogP contribution in [0.25, 0.3) is 0 Å². The topological polar surface area (TPSA) is 0 Å². The summed E-state index contributed by atoms with van der Waals surface area (Å²) in [5.74, 6) is -46.7. The smallest absolute Gasteiger partial charge is 0.207 e. The van der Waals surface area contributed by atoms with Crippen LogP contribution in [-0.2, 0) is 5.41 Å². The van der Waals surface area contributed by atoms with E-state index in [1.165, 1.54) is 91.0 Å². The summed E-state index contributed by atoms with van der Waals surface area (Å²) in [6.07, 6.45) is -6.72. The highest BCUT2D eigenvalue weighted by Gasteiger charge is 2.53. The maximum Gasteiger partial charge on any atom is 1.00 e. The van der Waals surface area contributed by atoms with Crippen LogP contribution in [0, 0.1) is 93.1 Å². The molecule has 0 N–H and O–H groups in total. The fourth-order valence-electron chi connectivity index (χ4n) is 8.14. The van der Waals surface area contributed by atoms with Crippen molar-refractivity contribution in [2.75, 3.05) is 0 Å². The third-order valence-electron chi connectivity index (χ3n) is 10.5. The van der Waals surface area contributed by atoms with Crippen LogP contribution in [0.3, 0.4) is 0 Å². The quantitative estimate of drug-likeness (QED) is 0.0619. The van der Waals surface area contributed by atoms with Gasteiger partial charge in [0.2, 0.25) is 0 Å². The summed E-state index contributed by atoms with van der Waals surface area (Å²) in [5, 5.41) is 0. The molecule has 0 nitrogen and oxygen atoms in total. The number of hydrogen-bond donors (Lipinski definition) is 0. The summed E-state index contributed by atoms with van der Waals surface area (Å²) in [4.78, 5) is 0. The van der Waals surface area contributed by atoms with Crippen molar-refractivity contribution in [2.45, 2.75) is 5.41 Å². The molecule has 7 rings (SSSR count). The molecule has 306 valence electrons. The third-order valence-corrected chi connectivity index (χ3v) is 10.5. The van der Waals surface area contributed by atoms with E-state index in [0.717, 1.165) is 0 Å². The van der Waals surface area contributed by atoms with E-state index in [2.05, 4.69) is 0 Å². The number of rotatable bonds is 8. The van der Waals surface area contributed by atoms with Crippen molar-refractivity contribution in [2.24, 2.45) is 0 Å². The summed E-state index contributed by atoms with van der Waals surface area (Å²) in [6, 6.07) is 17.5. The van der Waals surface area contributed by atoms with Gasteiger partial charge in [-0.25, -0.2) is 70.2 Å². The van der Waals surface area contributed by atoms with Gasteiger partial charge in [-0.15, -0.1) is 21.9 Å². The van der Waals surface area contributed by atoms with Crippen LogP contribution in [0.4, 0.5) is 70.2 Å². The average molecular weight is 850 g/mol. The number of halogens is 16. The normalized spacial score (nSPS) is 12.0. The molecule has 0 aromatic heterocycles. The first kappa shape index (κ1) is 41.6. The lowest BCUT2D eigenvalue weighted by molar-refractivity contribution is 0.431. The highest BCUT2D eigenvalue weighted by molar-refractivity contribution is 7.20. The van der Waals surface area contributed by atoms with Gasteiger partial charge in [0.15, 0.2) is 46.5 Å². The zero-order valence-corrected chi connectivity index (χ0v) is 29.5. The van der Waals surface area contributed by atoms with Gasteiger partial charge in [0.05, 0.1) is 5.41 Å². The second kappa shape index (κ2) is 15.3. The summed E-state index contributed by atoms with van der Waals surface area (Å²) < 4.78 is 259. The Morgan fingerprint density at radius 1 is 0.283 bits per heavy atom. The van der Waals surface area contributed by atoms with Crippen molar-refractivity contribution in [3.63, 3.8) is 0 Å². The highest BCUT2D eigenvalue weighted by Crippen LogP contribution is 2.48. The van der Waals surface area contributed by atoms with Crippen LogP contribution >= 0.6 is 0 Å². The maximum atomic E-state index is 17.7. The van der Waals surface area contributed by atoms with Crippen molar-refractivity contribution >= 4 is 28.0 Å². The molecular weight excluding hydrogens is 831 g/mol. The minimum atomic E-state index is -6.72. The molecule has 0 saturated carbocycles. The van der Waals surface area contributed by atoms with E-state index in [0.29, 0.717) is 0 Å². The first-order valence-corrected chi connectivity index (χ1v) is 17.1. The van der Waals surface area contributed by atoms with Gasteiger partial charge in [0.25, 0.3) is 0 Å². The molecule has 0 fully saturated rings. The molecule has 0 bridgehead atoms. The minimum Gasteiger partial charge on any atom is -0.207 e. The number of benzene rings is 7. The monoisotopic (exact) mass is 850 g/mol. The molecule has 0 aliphatic carbocycles. The summed E-state index contributed by atoms with van der Waals surface area (Å²) in [7, 11) is 0. The molecule has 0 aliphatic rings. The Labute approximate surface area is 329 Å². The minimum absolute atomic E-state index is 0. The lowest BCUT2D eigenvalue weighted by atomic mass is 9.12.